The summed E-state index contributed by atoms with van der Waals surface area (Å²) in [7, 11) is -4.84. The molecule has 0 radical (unpaired) electrons. The molecule has 316 valence electrons. The number of hydrogen-bond donors (Lipinski definition) is 5. The smallest absolute Gasteiger partial charge is 0.462 e. The van der Waals surface area contributed by atoms with Gasteiger partial charge in [-0.15, -0.1) is 0 Å². The molecular formula is C41H75O12P. The number of aliphatic hydroxyl groups excluding tert-OH is 3. The van der Waals surface area contributed by atoms with Crippen LogP contribution in [-0.2, 0) is 32.9 Å². The number of carbonyl (C=O) groups excluding carboxylic acids is 3. The second-order valence-corrected chi connectivity index (χ2v) is 17.0. The van der Waals surface area contributed by atoms with Gasteiger partial charge in [-0.05, 0) is 31.6 Å². The van der Waals surface area contributed by atoms with E-state index in [-0.39, 0.29) is 37.9 Å². The maximum atomic E-state index is 12.7. The Hall–Kier alpha value is -1.66. The number of rotatable bonds is 34. The largest absolute Gasteiger partial charge is 0.469 e. The van der Waals surface area contributed by atoms with Gasteiger partial charge in [-0.3, -0.25) is 18.9 Å². The average molecular weight is 791 g/mol. The summed E-state index contributed by atoms with van der Waals surface area (Å²) in [5.41, 5.74) is 0. The molecule has 0 aromatic heterocycles. The zero-order valence-electron chi connectivity index (χ0n) is 33.6. The first-order valence-electron chi connectivity index (χ1n) is 21.0. The SMILES string of the molecule is CCCCC[C@H](O)/C=C/[C@@H]1[C@@H](CC(=O)CCCCC(=O)OC[C@H](COP(=O)(O)O)OC(=O)CCCCCCCCCCCCCCC(C)C)[C@@H](O)C[C@H]1O. The number of esters is 2. The van der Waals surface area contributed by atoms with Crippen molar-refractivity contribution in [3.63, 3.8) is 0 Å². The third-order valence-corrected chi connectivity index (χ3v) is 10.7. The van der Waals surface area contributed by atoms with Crippen LogP contribution in [0.2, 0.25) is 0 Å². The van der Waals surface area contributed by atoms with Crippen LogP contribution < -0.4 is 0 Å². The lowest BCUT2D eigenvalue weighted by Gasteiger charge is -2.20. The van der Waals surface area contributed by atoms with Gasteiger partial charge in [0.1, 0.15) is 12.4 Å². The van der Waals surface area contributed by atoms with Crippen LogP contribution >= 0.6 is 7.82 Å². The van der Waals surface area contributed by atoms with E-state index in [1.165, 1.54) is 57.8 Å². The molecule has 1 aliphatic carbocycles. The van der Waals surface area contributed by atoms with Crippen molar-refractivity contribution >= 4 is 25.5 Å². The number of unbranched alkanes of at least 4 members (excludes halogenated alkanes) is 14. The van der Waals surface area contributed by atoms with Crippen LogP contribution in [0.25, 0.3) is 0 Å². The van der Waals surface area contributed by atoms with Gasteiger partial charge in [-0.25, -0.2) is 4.57 Å². The lowest BCUT2D eigenvalue weighted by molar-refractivity contribution is -0.161. The maximum Gasteiger partial charge on any atom is 0.469 e. The molecule has 0 heterocycles. The minimum absolute atomic E-state index is 0.0161. The van der Waals surface area contributed by atoms with E-state index in [4.69, 9.17) is 19.3 Å². The topological polar surface area (TPSA) is 197 Å². The Bertz CT molecular complexity index is 1080. The summed E-state index contributed by atoms with van der Waals surface area (Å²) >= 11 is 0. The van der Waals surface area contributed by atoms with Crippen molar-refractivity contribution in [1.29, 1.82) is 0 Å². The Morgan fingerprint density at radius 1 is 0.722 bits per heavy atom. The van der Waals surface area contributed by atoms with Crippen molar-refractivity contribution in [2.75, 3.05) is 13.2 Å². The molecule has 13 heteroatoms. The van der Waals surface area contributed by atoms with Crippen molar-refractivity contribution in [3.05, 3.63) is 12.2 Å². The van der Waals surface area contributed by atoms with Crippen molar-refractivity contribution in [2.24, 2.45) is 17.8 Å². The predicted molar refractivity (Wildman–Crippen MR) is 209 cm³/mol. The standard InChI is InChI=1S/C41H75O12P/c1-4-5-16-22-33(42)26-27-36-37(39(45)29-38(36)44)28-34(43)23-19-20-24-40(46)51-30-35(31-52-54(48,49)50)53-41(47)25-18-15-13-11-9-7-6-8-10-12-14-17-21-32(2)3/h26-27,32-33,35-39,42,44-45H,4-25,28-31H2,1-3H3,(H2,48,49,50)/b27-26+/t33-,35+,36+,37+,38+,39-/m0/s1. The van der Waals surface area contributed by atoms with E-state index in [9.17, 15) is 34.3 Å². The molecule has 0 aromatic rings. The number of ether oxygens (including phenoxy) is 2. The molecule has 0 aromatic carbocycles. The zero-order chi connectivity index (χ0) is 40.2. The molecular weight excluding hydrogens is 715 g/mol. The van der Waals surface area contributed by atoms with Crippen LogP contribution in [0.1, 0.15) is 175 Å². The van der Waals surface area contributed by atoms with Gasteiger partial charge in [-0.2, -0.15) is 0 Å². The van der Waals surface area contributed by atoms with Crippen molar-refractivity contribution in [2.45, 2.75) is 199 Å². The van der Waals surface area contributed by atoms with Crippen molar-refractivity contribution < 1.29 is 58.1 Å². The Morgan fingerprint density at radius 2 is 1.26 bits per heavy atom. The van der Waals surface area contributed by atoms with Crippen LogP contribution in [0.3, 0.4) is 0 Å². The van der Waals surface area contributed by atoms with E-state index in [0.717, 1.165) is 44.4 Å². The fourth-order valence-corrected chi connectivity index (χ4v) is 7.33. The summed E-state index contributed by atoms with van der Waals surface area (Å²) in [4.78, 5) is 55.8. The van der Waals surface area contributed by atoms with Gasteiger partial charge in [-0.1, -0.05) is 129 Å². The molecule has 5 N–H and O–H groups in total. The van der Waals surface area contributed by atoms with Crippen molar-refractivity contribution in [1.82, 2.24) is 0 Å². The van der Waals surface area contributed by atoms with Crippen LogP contribution in [0, 0.1) is 17.8 Å². The fourth-order valence-electron chi connectivity index (χ4n) is 6.97. The number of carbonyl (C=O) groups is 3. The van der Waals surface area contributed by atoms with Gasteiger partial charge in [0.2, 0.25) is 0 Å². The van der Waals surface area contributed by atoms with Crippen LogP contribution in [0.4, 0.5) is 0 Å². The normalized spacial score (nSPS) is 20.1. The first kappa shape index (κ1) is 50.4. The number of phosphoric ester groups is 1. The summed E-state index contributed by atoms with van der Waals surface area (Å²) in [5.74, 6) is -1.36. The highest BCUT2D eigenvalue weighted by atomic mass is 31.2. The van der Waals surface area contributed by atoms with Gasteiger partial charge >= 0.3 is 19.8 Å². The van der Waals surface area contributed by atoms with E-state index in [2.05, 4.69) is 25.3 Å². The number of phosphoric acid groups is 1. The number of aliphatic hydroxyl groups is 3. The third-order valence-electron chi connectivity index (χ3n) is 10.2. The summed E-state index contributed by atoms with van der Waals surface area (Å²) in [5, 5.41) is 31.2. The first-order chi connectivity index (χ1) is 25.7. The number of ketones is 1. The van der Waals surface area contributed by atoms with E-state index in [0.29, 0.717) is 25.7 Å². The predicted octanol–water partition coefficient (Wildman–Crippen LogP) is 8.04. The van der Waals surface area contributed by atoms with Crippen LogP contribution in [-0.4, -0.2) is 80.5 Å². The lowest BCUT2D eigenvalue weighted by Crippen LogP contribution is -2.29. The molecule has 1 aliphatic rings. The molecule has 0 aliphatic heterocycles. The highest BCUT2D eigenvalue weighted by molar-refractivity contribution is 7.46. The molecule has 54 heavy (non-hydrogen) atoms. The molecule has 0 amide bonds. The number of hydrogen-bond acceptors (Lipinski definition) is 10. The van der Waals surface area contributed by atoms with Crippen LogP contribution in [0.15, 0.2) is 12.2 Å². The van der Waals surface area contributed by atoms with E-state index >= 15 is 0 Å². The molecule has 1 rings (SSSR count). The van der Waals surface area contributed by atoms with E-state index in [1.807, 2.05) is 0 Å². The molecule has 1 saturated carbocycles. The maximum absolute atomic E-state index is 12.7. The lowest BCUT2D eigenvalue weighted by atomic mass is 9.87. The fraction of sp³-hybridized carbons (Fsp3) is 0.878. The summed E-state index contributed by atoms with van der Waals surface area (Å²) in [6.45, 7) is 5.57. The Kier molecular flexibility index (Phi) is 28.4. The monoisotopic (exact) mass is 790 g/mol. The molecule has 6 atom stereocenters. The van der Waals surface area contributed by atoms with Gasteiger partial charge in [0.25, 0.3) is 0 Å². The van der Waals surface area contributed by atoms with Gasteiger partial charge in [0.05, 0.1) is 24.9 Å². The van der Waals surface area contributed by atoms with Gasteiger partial charge < -0.3 is 34.6 Å². The number of Topliss-reactive ketones (excluding diaryl/α,β-unsaturated/α-hetero) is 1. The average Bonchev–Trinajstić information content (AvgIpc) is 3.37. The van der Waals surface area contributed by atoms with E-state index < -0.39 is 69.2 Å². The molecule has 0 unspecified atom stereocenters. The summed E-state index contributed by atoms with van der Waals surface area (Å²) < 4.78 is 26.3. The highest BCUT2D eigenvalue weighted by Gasteiger charge is 2.41. The second-order valence-electron chi connectivity index (χ2n) is 15.8. The van der Waals surface area contributed by atoms with Crippen molar-refractivity contribution in [3.8, 4) is 0 Å². The highest BCUT2D eigenvalue weighted by Crippen LogP contribution is 2.37. The van der Waals surface area contributed by atoms with Gasteiger partial charge in [0, 0.05) is 43.9 Å². The summed E-state index contributed by atoms with van der Waals surface area (Å²) in [6, 6.07) is 0. The Balaban J connectivity index is 2.31. The zero-order valence-corrected chi connectivity index (χ0v) is 34.5. The molecule has 0 bridgehead atoms. The minimum Gasteiger partial charge on any atom is -0.462 e. The summed E-state index contributed by atoms with van der Waals surface area (Å²) in [6.07, 6.45) is 20.0. The van der Waals surface area contributed by atoms with E-state index in [1.54, 1.807) is 12.2 Å². The molecule has 1 fully saturated rings. The second kappa shape index (κ2) is 30.5. The van der Waals surface area contributed by atoms with Crippen LogP contribution in [0.5, 0.6) is 0 Å². The Labute approximate surface area is 325 Å². The molecule has 0 saturated heterocycles. The quantitative estimate of drug-likeness (QED) is 0.0182. The van der Waals surface area contributed by atoms with Gasteiger partial charge in [0.15, 0.2) is 6.10 Å². The molecule has 12 nitrogen and oxygen atoms in total. The molecule has 0 spiro atoms. The minimum atomic E-state index is -4.84. The third kappa shape index (κ3) is 27.0. The first-order valence-corrected chi connectivity index (χ1v) is 22.5. The Morgan fingerprint density at radius 3 is 1.85 bits per heavy atom.